The highest BCUT2D eigenvalue weighted by Crippen LogP contribution is 2.44. The molecule has 0 fully saturated rings. The average Bonchev–Trinajstić information content (AvgIpc) is 3.85. The third-order valence-corrected chi connectivity index (χ3v) is 12.2. The molecule has 0 atom stereocenters. The van der Waals surface area contributed by atoms with Crippen LogP contribution in [0.5, 0.6) is 0 Å². The van der Waals surface area contributed by atoms with Gasteiger partial charge in [0.1, 0.15) is 11.2 Å². The van der Waals surface area contributed by atoms with E-state index < -0.39 is 0 Å². The first-order chi connectivity index (χ1) is 28.2. The third-order valence-electron chi connectivity index (χ3n) is 11.1. The van der Waals surface area contributed by atoms with Crippen LogP contribution in [0.15, 0.2) is 217 Å². The standard InChI is InChI=1S/C54H35NOS/c1-4-13-36(14-5-1)41-31-42(37-15-6-2-7-16-37)33-45(32-41)55(44-28-29-48-47-19-10-11-22-52(47)57-53(48)35-44)43-26-23-38(24-27-43)40-25-30-51-50(34-40)49-21-12-20-46(54(49)56-51)39-17-8-3-9-18-39/h1-35H. The molecule has 9 aromatic carbocycles. The molecule has 0 amide bonds. The molecule has 268 valence electrons. The van der Waals surface area contributed by atoms with Gasteiger partial charge >= 0.3 is 0 Å². The zero-order chi connectivity index (χ0) is 37.7. The Balaban J connectivity index is 1.05. The van der Waals surface area contributed by atoms with E-state index in [0.29, 0.717) is 0 Å². The van der Waals surface area contributed by atoms with Crippen LogP contribution in [0, 0.1) is 0 Å². The summed E-state index contributed by atoms with van der Waals surface area (Å²) in [5, 5.41) is 4.83. The second-order valence-corrected chi connectivity index (χ2v) is 15.6. The molecule has 0 spiro atoms. The molecule has 2 heterocycles. The van der Waals surface area contributed by atoms with Crippen molar-refractivity contribution in [3.8, 4) is 44.5 Å². The van der Waals surface area contributed by atoms with Gasteiger partial charge < -0.3 is 9.32 Å². The van der Waals surface area contributed by atoms with E-state index in [-0.39, 0.29) is 0 Å². The Hall–Kier alpha value is -7.20. The molecule has 0 radical (unpaired) electrons. The van der Waals surface area contributed by atoms with E-state index in [9.17, 15) is 0 Å². The maximum atomic E-state index is 6.50. The van der Waals surface area contributed by atoms with Crippen LogP contribution in [0.2, 0.25) is 0 Å². The molecular weight excluding hydrogens is 711 g/mol. The summed E-state index contributed by atoms with van der Waals surface area (Å²) in [5.41, 5.74) is 14.4. The maximum Gasteiger partial charge on any atom is 0.143 e. The van der Waals surface area contributed by atoms with Crippen molar-refractivity contribution in [2.45, 2.75) is 0 Å². The summed E-state index contributed by atoms with van der Waals surface area (Å²) in [6.45, 7) is 0. The van der Waals surface area contributed by atoms with Crippen molar-refractivity contribution in [2.75, 3.05) is 4.90 Å². The molecular formula is C54H35NOS. The zero-order valence-electron chi connectivity index (χ0n) is 31.0. The van der Waals surface area contributed by atoms with Gasteiger partial charge in [-0.1, -0.05) is 152 Å². The van der Waals surface area contributed by atoms with Gasteiger partial charge in [0.05, 0.1) is 0 Å². The van der Waals surface area contributed by atoms with Gasteiger partial charge in [-0.3, -0.25) is 0 Å². The number of nitrogens with zero attached hydrogens (tertiary/aromatic N) is 1. The van der Waals surface area contributed by atoms with Crippen molar-refractivity contribution in [3.05, 3.63) is 212 Å². The first-order valence-corrected chi connectivity index (χ1v) is 20.1. The molecule has 57 heavy (non-hydrogen) atoms. The van der Waals surface area contributed by atoms with Crippen LogP contribution in [0.25, 0.3) is 86.6 Å². The summed E-state index contributed by atoms with van der Waals surface area (Å²) in [4.78, 5) is 2.41. The van der Waals surface area contributed by atoms with Gasteiger partial charge in [0.2, 0.25) is 0 Å². The lowest BCUT2D eigenvalue weighted by Gasteiger charge is -2.27. The van der Waals surface area contributed by atoms with E-state index in [1.165, 1.54) is 42.4 Å². The number of rotatable bonds is 7. The second-order valence-electron chi connectivity index (χ2n) is 14.5. The lowest BCUT2D eigenvalue weighted by atomic mass is 9.97. The van der Waals surface area contributed by atoms with Crippen molar-refractivity contribution < 1.29 is 4.42 Å². The predicted octanol–water partition coefficient (Wildman–Crippen LogP) is 16.1. The summed E-state index contributed by atoms with van der Waals surface area (Å²) in [7, 11) is 0. The molecule has 0 saturated carbocycles. The Bertz CT molecular complexity index is 3160. The quantitative estimate of drug-likeness (QED) is 0.162. The van der Waals surface area contributed by atoms with Crippen molar-refractivity contribution in [2.24, 2.45) is 0 Å². The van der Waals surface area contributed by atoms with Crippen LogP contribution < -0.4 is 4.90 Å². The summed E-state index contributed by atoms with van der Waals surface area (Å²) >= 11 is 1.85. The predicted molar refractivity (Wildman–Crippen MR) is 243 cm³/mol. The average molecular weight is 746 g/mol. The topological polar surface area (TPSA) is 16.4 Å². The van der Waals surface area contributed by atoms with Crippen LogP contribution in [0.3, 0.4) is 0 Å². The first-order valence-electron chi connectivity index (χ1n) is 19.3. The number of hydrogen-bond acceptors (Lipinski definition) is 3. The van der Waals surface area contributed by atoms with Gasteiger partial charge in [-0.25, -0.2) is 0 Å². The van der Waals surface area contributed by atoms with Crippen LogP contribution in [-0.4, -0.2) is 0 Å². The van der Waals surface area contributed by atoms with Crippen molar-refractivity contribution in [1.82, 2.24) is 0 Å². The fourth-order valence-corrected chi connectivity index (χ4v) is 9.40. The molecule has 0 saturated heterocycles. The summed E-state index contributed by atoms with van der Waals surface area (Å²) in [6, 6.07) is 76.4. The summed E-state index contributed by atoms with van der Waals surface area (Å²) < 4.78 is 9.08. The van der Waals surface area contributed by atoms with Gasteiger partial charge in [-0.15, -0.1) is 11.3 Å². The third kappa shape index (κ3) is 5.97. The van der Waals surface area contributed by atoms with Crippen LogP contribution >= 0.6 is 11.3 Å². The highest BCUT2D eigenvalue weighted by atomic mass is 32.1. The Morgan fingerprint density at radius 3 is 1.61 bits per heavy atom. The lowest BCUT2D eigenvalue weighted by Crippen LogP contribution is -2.10. The Morgan fingerprint density at radius 1 is 0.316 bits per heavy atom. The Morgan fingerprint density at radius 2 is 0.895 bits per heavy atom. The van der Waals surface area contributed by atoms with Gasteiger partial charge in [0.15, 0.2) is 0 Å². The maximum absolute atomic E-state index is 6.50. The number of hydrogen-bond donors (Lipinski definition) is 0. The van der Waals surface area contributed by atoms with E-state index in [2.05, 4.69) is 211 Å². The number of thiophene rings is 1. The molecule has 0 bridgehead atoms. The van der Waals surface area contributed by atoms with Crippen molar-refractivity contribution >= 4 is 70.5 Å². The van der Waals surface area contributed by atoms with Crippen LogP contribution in [0.1, 0.15) is 0 Å². The largest absolute Gasteiger partial charge is 0.455 e. The smallest absolute Gasteiger partial charge is 0.143 e. The minimum absolute atomic E-state index is 0.893. The fourth-order valence-electron chi connectivity index (χ4n) is 8.26. The molecule has 0 aliphatic rings. The van der Waals surface area contributed by atoms with Crippen LogP contribution in [0.4, 0.5) is 17.1 Å². The lowest BCUT2D eigenvalue weighted by molar-refractivity contribution is 0.670. The van der Waals surface area contributed by atoms with Gasteiger partial charge in [-0.05, 0) is 99.6 Å². The minimum atomic E-state index is 0.893. The van der Waals surface area contributed by atoms with Crippen LogP contribution in [-0.2, 0) is 0 Å². The molecule has 11 aromatic rings. The molecule has 0 aliphatic heterocycles. The van der Waals surface area contributed by atoms with Crippen molar-refractivity contribution in [3.63, 3.8) is 0 Å². The van der Waals surface area contributed by atoms with E-state index in [1.807, 2.05) is 17.4 Å². The Kier molecular flexibility index (Phi) is 8.04. The SMILES string of the molecule is c1ccc(-c2cc(-c3ccccc3)cc(N(c3ccc(-c4ccc5oc6c(-c7ccccc7)cccc6c5c4)cc3)c3ccc4c(c3)sc3ccccc34)c2)cc1. The van der Waals surface area contributed by atoms with Crippen molar-refractivity contribution in [1.29, 1.82) is 0 Å². The number of furan rings is 1. The molecule has 0 N–H and O–H groups in total. The second kappa shape index (κ2) is 13.8. The fraction of sp³-hybridized carbons (Fsp3) is 0. The van der Waals surface area contributed by atoms with Gasteiger partial charge in [0, 0.05) is 53.6 Å². The molecule has 2 aromatic heterocycles. The van der Waals surface area contributed by atoms with Gasteiger partial charge in [-0.2, -0.15) is 0 Å². The summed E-state index contributed by atoms with van der Waals surface area (Å²) in [5.74, 6) is 0. The first kappa shape index (κ1) is 33.2. The number of benzene rings is 9. The molecule has 0 unspecified atom stereocenters. The molecule has 0 aliphatic carbocycles. The molecule has 11 rings (SSSR count). The Labute approximate surface area is 335 Å². The number of fused-ring (bicyclic) bond motifs is 6. The monoisotopic (exact) mass is 745 g/mol. The van der Waals surface area contributed by atoms with E-state index >= 15 is 0 Å². The van der Waals surface area contributed by atoms with E-state index in [1.54, 1.807) is 0 Å². The number of anilines is 3. The molecule has 2 nitrogen and oxygen atoms in total. The normalized spacial score (nSPS) is 11.5. The highest BCUT2D eigenvalue weighted by Gasteiger charge is 2.19. The number of para-hydroxylation sites is 1. The highest BCUT2D eigenvalue weighted by molar-refractivity contribution is 7.25. The van der Waals surface area contributed by atoms with E-state index in [4.69, 9.17) is 4.42 Å². The van der Waals surface area contributed by atoms with E-state index in [0.717, 1.165) is 61.3 Å². The van der Waals surface area contributed by atoms with Gasteiger partial charge in [0.25, 0.3) is 0 Å². The summed E-state index contributed by atoms with van der Waals surface area (Å²) in [6.07, 6.45) is 0. The minimum Gasteiger partial charge on any atom is -0.455 e. The molecule has 3 heteroatoms. The zero-order valence-corrected chi connectivity index (χ0v) is 31.8.